The van der Waals surface area contributed by atoms with Crippen molar-refractivity contribution in [1.29, 1.82) is 0 Å². The molecule has 142 valence electrons. The van der Waals surface area contributed by atoms with Crippen molar-refractivity contribution in [2.45, 2.75) is 12.7 Å². The highest BCUT2D eigenvalue weighted by molar-refractivity contribution is 7.15. The summed E-state index contributed by atoms with van der Waals surface area (Å²) >= 11 is 1.43. The van der Waals surface area contributed by atoms with Crippen molar-refractivity contribution in [2.75, 3.05) is 31.9 Å². The maximum Gasteiger partial charge on any atom is 0.416 e. The Labute approximate surface area is 159 Å². The molecule has 1 aliphatic rings. The van der Waals surface area contributed by atoms with Gasteiger partial charge in [0.1, 0.15) is 0 Å². The molecule has 1 fully saturated rings. The second-order valence-electron chi connectivity index (χ2n) is 5.81. The summed E-state index contributed by atoms with van der Waals surface area (Å²) in [5.41, 5.74) is 4.87. The van der Waals surface area contributed by atoms with Crippen LogP contribution in [0, 0.1) is 0 Å². The van der Waals surface area contributed by atoms with E-state index in [4.69, 9.17) is 5.73 Å². The Kier molecular flexibility index (Phi) is 6.48. The minimum Gasteiger partial charge on any atom is -0.375 e. The Hall–Kier alpha value is -1.84. The largest absolute Gasteiger partial charge is 0.416 e. The molecule has 2 heterocycles. The molecule has 0 saturated carbocycles. The number of carbonyl (C=O) groups excluding carboxylic acids is 1. The number of thiazole rings is 1. The van der Waals surface area contributed by atoms with E-state index in [-0.39, 0.29) is 23.9 Å². The van der Waals surface area contributed by atoms with E-state index in [1.54, 1.807) is 11.1 Å². The molecule has 26 heavy (non-hydrogen) atoms. The third-order valence-electron chi connectivity index (χ3n) is 4.05. The lowest BCUT2D eigenvalue weighted by atomic mass is 10.1. The van der Waals surface area contributed by atoms with E-state index in [1.165, 1.54) is 23.5 Å². The van der Waals surface area contributed by atoms with Gasteiger partial charge in [-0.1, -0.05) is 6.07 Å². The van der Waals surface area contributed by atoms with E-state index in [9.17, 15) is 18.0 Å². The molecule has 1 saturated heterocycles. The zero-order valence-corrected chi connectivity index (χ0v) is 15.3. The molecule has 0 radical (unpaired) electrons. The molecule has 1 aliphatic heterocycles. The molecule has 0 spiro atoms. The standard InChI is InChI=1S/C16H17F3N4OS.ClH/c17-16(18,19)12-3-1-2-11(8-12)14(24)23-6-4-22(5-7-23)10-13-9-21-15(20)25-13;/h1-3,8-9H,4-7,10H2,(H2,20,21);1H. The Balaban J connectivity index is 0.00000243. The number of aromatic nitrogens is 1. The number of nitrogens with two attached hydrogens (primary N) is 1. The Morgan fingerprint density at radius 3 is 2.50 bits per heavy atom. The fourth-order valence-electron chi connectivity index (χ4n) is 2.74. The van der Waals surface area contributed by atoms with Crippen LogP contribution in [0.1, 0.15) is 20.8 Å². The molecule has 10 heteroatoms. The van der Waals surface area contributed by atoms with Gasteiger partial charge >= 0.3 is 6.18 Å². The van der Waals surface area contributed by atoms with Crippen molar-refractivity contribution in [3.05, 3.63) is 46.5 Å². The Morgan fingerprint density at radius 1 is 1.23 bits per heavy atom. The van der Waals surface area contributed by atoms with E-state index in [2.05, 4.69) is 9.88 Å². The molecule has 0 bridgehead atoms. The minimum atomic E-state index is -4.45. The number of carbonyl (C=O) groups is 1. The van der Waals surface area contributed by atoms with Crippen LogP contribution in [0.25, 0.3) is 0 Å². The number of hydrogen-bond acceptors (Lipinski definition) is 5. The number of rotatable bonds is 3. The summed E-state index contributed by atoms with van der Waals surface area (Å²) in [6.07, 6.45) is -2.72. The number of benzene rings is 1. The SMILES string of the molecule is Cl.Nc1ncc(CN2CCN(C(=O)c3cccc(C(F)(F)F)c3)CC2)s1. The number of nitrogens with zero attached hydrogens (tertiary/aromatic N) is 3. The van der Waals surface area contributed by atoms with E-state index < -0.39 is 11.7 Å². The maximum atomic E-state index is 12.8. The van der Waals surface area contributed by atoms with E-state index in [0.717, 1.165) is 17.0 Å². The van der Waals surface area contributed by atoms with Crippen molar-refractivity contribution in [3.63, 3.8) is 0 Å². The fraction of sp³-hybridized carbons (Fsp3) is 0.375. The zero-order valence-electron chi connectivity index (χ0n) is 13.7. The van der Waals surface area contributed by atoms with Crippen LogP contribution in [0.3, 0.4) is 0 Å². The van der Waals surface area contributed by atoms with Crippen molar-refractivity contribution < 1.29 is 18.0 Å². The van der Waals surface area contributed by atoms with Crippen LogP contribution < -0.4 is 5.73 Å². The predicted octanol–water partition coefficient (Wildman–Crippen LogP) is 3.12. The van der Waals surface area contributed by atoms with Crippen LogP contribution in [0.5, 0.6) is 0 Å². The van der Waals surface area contributed by atoms with Crippen molar-refractivity contribution >= 4 is 34.8 Å². The van der Waals surface area contributed by atoms with E-state index in [1.807, 2.05) is 0 Å². The topological polar surface area (TPSA) is 62.5 Å². The summed E-state index contributed by atoms with van der Waals surface area (Å²) in [6.45, 7) is 2.97. The van der Waals surface area contributed by atoms with Crippen LogP contribution in [0.4, 0.5) is 18.3 Å². The van der Waals surface area contributed by atoms with Gasteiger partial charge in [0.2, 0.25) is 0 Å². The second-order valence-corrected chi connectivity index (χ2v) is 6.96. The number of amides is 1. The van der Waals surface area contributed by atoms with Crippen LogP contribution in [-0.4, -0.2) is 46.9 Å². The summed E-state index contributed by atoms with van der Waals surface area (Å²) in [5, 5.41) is 0.522. The Morgan fingerprint density at radius 2 is 1.92 bits per heavy atom. The van der Waals surface area contributed by atoms with Gasteiger partial charge in [0.15, 0.2) is 5.13 Å². The number of anilines is 1. The molecule has 3 rings (SSSR count). The first-order valence-corrected chi connectivity index (χ1v) is 8.53. The molecule has 0 atom stereocenters. The van der Waals surface area contributed by atoms with Gasteiger partial charge in [-0.25, -0.2) is 4.98 Å². The molecule has 1 amide bonds. The first-order chi connectivity index (χ1) is 11.8. The third-order valence-corrected chi connectivity index (χ3v) is 4.86. The van der Waals surface area contributed by atoms with Gasteiger partial charge in [-0.3, -0.25) is 9.69 Å². The average molecular weight is 407 g/mol. The fourth-order valence-corrected chi connectivity index (χ4v) is 3.46. The van der Waals surface area contributed by atoms with Gasteiger partial charge < -0.3 is 10.6 Å². The number of nitrogen functional groups attached to an aromatic ring is 1. The quantitative estimate of drug-likeness (QED) is 0.850. The summed E-state index contributed by atoms with van der Waals surface area (Å²) < 4.78 is 38.4. The predicted molar refractivity (Wildman–Crippen MR) is 96.4 cm³/mol. The highest BCUT2D eigenvalue weighted by Crippen LogP contribution is 2.29. The first kappa shape index (κ1) is 20.5. The molecular formula is C16H18ClF3N4OS. The number of halogens is 4. The third kappa shape index (κ3) is 4.87. The van der Waals surface area contributed by atoms with E-state index >= 15 is 0 Å². The average Bonchev–Trinajstić information content (AvgIpc) is 2.99. The highest BCUT2D eigenvalue weighted by atomic mass is 35.5. The van der Waals surface area contributed by atoms with Crippen LogP contribution in [0.2, 0.25) is 0 Å². The lowest BCUT2D eigenvalue weighted by Crippen LogP contribution is -2.48. The molecule has 2 N–H and O–H groups in total. The molecule has 1 aromatic heterocycles. The highest BCUT2D eigenvalue weighted by Gasteiger charge is 2.31. The first-order valence-electron chi connectivity index (χ1n) is 7.72. The van der Waals surface area contributed by atoms with E-state index in [0.29, 0.717) is 37.9 Å². The summed E-state index contributed by atoms with van der Waals surface area (Å²) in [5.74, 6) is -0.368. The van der Waals surface area contributed by atoms with Crippen LogP contribution >= 0.6 is 23.7 Å². The van der Waals surface area contributed by atoms with Gasteiger partial charge in [0, 0.05) is 49.4 Å². The molecule has 5 nitrogen and oxygen atoms in total. The minimum absolute atomic E-state index is 0. The maximum absolute atomic E-state index is 12.8. The van der Waals surface area contributed by atoms with Gasteiger partial charge in [-0.2, -0.15) is 13.2 Å². The molecule has 1 aromatic carbocycles. The zero-order chi connectivity index (χ0) is 18.0. The second kappa shape index (κ2) is 8.24. The summed E-state index contributed by atoms with van der Waals surface area (Å²) in [7, 11) is 0. The number of alkyl halides is 3. The van der Waals surface area contributed by atoms with Gasteiger partial charge in [-0.15, -0.1) is 23.7 Å². The molecule has 2 aromatic rings. The van der Waals surface area contributed by atoms with Crippen molar-refractivity contribution in [2.24, 2.45) is 0 Å². The monoisotopic (exact) mass is 406 g/mol. The van der Waals surface area contributed by atoms with Gasteiger partial charge in [0.05, 0.1) is 5.56 Å². The summed E-state index contributed by atoms with van der Waals surface area (Å²) in [6, 6.07) is 4.56. The van der Waals surface area contributed by atoms with Crippen LogP contribution in [-0.2, 0) is 12.7 Å². The molecule has 0 unspecified atom stereocenters. The lowest BCUT2D eigenvalue weighted by Gasteiger charge is -2.34. The van der Waals surface area contributed by atoms with Gasteiger partial charge in [0.25, 0.3) is 5.91 Å². The van der Waals surface area contributed by atoms with Crippen molar-refractivity contribution in [3.8, 4) is 0 Å². The lowest BCUT2D eigenvalue weighted by molar-refractivity contribution is -0.137. The molecular weight excluding hydrogens is 389 g/mol. The Bertz CT molecular complexity index is 760. The number of hydrogen-bond donors (Lipinski definition) is 1. The van der Waals surface area contributed by atoms with Gasteiger partial charge in [-0.05, 0) is 18.2 Å². The number of piperazine rings is 1. The van der Waals surface area contributed by atoms with Crippen molar-refractivity contribution in [1.82, 2.24) is 14.8 Å². The summed E-state index contributed by atoms with van der Waals surface area (Å²) in [4.78, 5) is 21.3. The molecule has 0 aliphatic carbocycles. The smallest absolute Gasteiger partial charge is 0.375 e. The van der Waals surface area contributed by atoms with Crippen LogP contribution in [0.15, 0.2) is 30.5 Å². The normalized spacial score (nSPS) is 15.6.